The van der Waals surface area contributed by atoms with E-state index in [1.807, 2.05) is 0 Å². The van der Waals surface area contributed by atoms with Crippen LogP contribution in [0.4, 0.5) is 5.82 Å². The van der Waals surface area contributed by atoms with Crippen molar-refractivity contribution in [3.05, 3.63) is 11.3 Å². The maximum Gasteiger partial charge on any atom is 0.149 e. The molecule has 5 nitrogen and oxygen atoms in total. The summed E-state index contributed by atoms with van der Waals surface area (Å²) in [6.45, 7) is 4.35. The summed E-state index contributed by atoms with van der Waals surface area (Å²) in [5, 5.41) is 7.07. The average molecular weight is 296 g/mol. The number of rotatable bonds is 4. The summed E-state index contributed by atoms with van der Waals surface area (Å²) >= 11 is 0. The van der Waals surface area contributed by atoms with Crippen LogP contribution in [-0.4, -0.2) is 53.7 Å². The molecule has 18 heavy (non-hydrogen) atoms. The molecule has 0 unspecified atom stereocenters. The second kappa shape index (κ2) is 7.84. The van der Waals surface area contributed by atoms with E-state index in [2.05, 4.69) is 34.1 Å². The maximum atomic E-state index is 5.82. The second-order valence-electron chi connectivity index (χ2n) is 4.75. The molecule has 106 valence electrons. The molecule has 7 heteroatoms. The van der Waals surface area contributed by atoms with E-state index in [-0.39, 0.29) is 24.8 Å². The third-order valence-corrected chi connectivity index (χ3v) is 3.12. The van der Waals surface area contributed by atoms with Gasteiger partial charge in [-0.15, -0.1) is 24.8 Å². The highest BCUT2D eigenvalue weighted by Gasteiger charge is 2.20. The number of aromatic amines is 1. The zero-order chi connectivity index (χ0) is 11.5. The molecule has 0 bridgehead atoms. The Hall–Kier alpha value is -0.490. The fourth-order valence-electron chi connectivity index (χ4n) is 2.17. The van der Waals surface area contributed by atoms with Gasteiger partial charge in [0.1, 0.15) is 5.82 Å². The summed E-state index contributed by atoms with van der Waals surface area (Å²) in [6, 6.07) is 0. The van der Waals surface area contributed by atoms with E-state index in [1.165, 1.54) is 17.7 Å². The van der Waals surface area contributed by atoms with E-state index in [0.717, 1.165) is 32.6 Å². The van der Waals surface area contributed by atoms with E-state index in [0.29, 0.717) is 5.82 Å². The molecule has 0 amide bonds. The van der Waals surface area contributed by atoms with Crippen LogP contribution in [0.5, 0.6) is 0 Å². The van der Waals surface area contributed by atoms with Crippen LogP contribution < -0.4 is 5.73 Å². The van der Waals surface area contributed by atoms with Crippen molar-refractivity contribution in [2.45, 2.75) is 19.4 Å². The molecule has 0 atom stereocenters. The lowest BCUT2D eigenvalue weighted by atomic mass is 10.1. The van der Waals surface area contributed by atoms with E-state index in [1.54, 1.807) is 0 Å². The normalized spacial score (nSPS) is 14.8. The molecule has 1 aliphatic rings. The molecule has 0 spiro atoms. The first-order valence-electron chi connectivity index (χ1n) is 5.85. The molecule has 2 rings (SSSR count). The zero-order valence-corrected chi connectivity index (χ0v) is 12.6. The van der Waals surface area contributed by atoms with Crippen molar-refractivity contribution in [3.63, 3.8) is 0 Å². The third-order valence-electron chi connectivity index (χ3n) is 3.12. The van der Waals surface area contributed by atoms with Gasteiger partial charge in [0.15, 0.2) is 0 Å². The number of hydrogen-bond acceptors (Lipinski definition) is 4. The fraction of sp³-hybridized carbons (Fsp3) is 0.727. The van der Waals surface area contributed by atoms with Crippen LogP contribution in [0.2, 0.25) is 0 Å². The van der Waals surface area contributed by atoms with E-state index in [4.69, 9.17) is 5.73 Å². The second-order valence-corrected chi connectivity index (χ2v) is 4.75. The molecule has 1 aromatic heterocycles. The van der Waals surface area contributed by atoms with Crippen LogP contribution in [0.1, 0.15) is 17.7 Å². The molecule has 2 heterocycles. The number of H-pyrrole nitrogens is 1. The van der Waals surface area contributed by atoms with Gasteiger partial charge in [-0.2, -0.15) is 5.10 Å². The molecule has 3 N–H and O–H groups in total. The van der Waals surface area contributed by atoms with Gasteiger partial charge in [0.2, 0.25) is 0 Å². The Morgan fingerprint density at radius 1 is 1.39 bits per heavy atom. The van der Waals surface area contributed by atoms with Crippen LogP contribution in [-0.2, 0) is 13.0 Å². The first-order chi connectivity index (χ1) is 7.66. The van der Waals surface area contributed by atoms with Crippen LogP contribution in [0.15, 0.2) is 0 Å². The van der Waals surface area contributed by atoms with Gasteiger partial charge in [-0.3, -0.25) is 10.00 Å². The highest BCUT2D eigenvalue weighted by molar-refractivity contribution is 5.85. The predicted molar refractivity (Wildman–Crippen MR) is 79.6 cm³/mol. The van der Waals surface area contributed by atoms with Gasteiger partial charge in [0.25, 0.3) is 0 Å². The smallest absolute Gasteiger partial charge is 0.149 e. The SMILES string of the molecule is CN(C)CCCN1CCc2[nH]nc(N)c2C1.Cl.Cl. The monoisotopic (exact) mass is 295 g/mol. The Bertz CT molecular complexity index is 353. The molecule has 1 aliphatic heterocycles. The largest absolute Gasteiger partial charge is 0.382 e. The van der Waals surface area contributed by atoms with Crippen LogP contribution in [0, 0.1) is 0 Å². The lowest BCUT2D eigenvalue weighted by Gasteiger charge is -2.26. The Balaban J connectivity index is 0.00000144. The Morgan fingerprint density at radius 3 is 2.78 bits per heavy atom. The minimum atomic E-state index is 0. The number of nitrogen functional groups attached to an aromatic ring is 1. The van der Waals surface area contributed by atoms with Crippen molar-refractivity contribution < 1.29 is 0 Å². The minimum absolute atomic E-state index is 0. The quantitative estimate of drug-likeness (QED) is 0.875. The number of nitrogens with two attached hydrogens (primary N) is 1. The zero-order valence-electron chi connectivity index (χ0n) is 11.0. The summed E-state index contributed by atoms with van der Waals surface area (Å²) in [5.74, 6) is 0.673. The van der Waals surface area contributed by atoms with Crippen LogP contribution in [0.3, 0.4) is 0 Å². The molecule has 1 aromatic rings. The number of nitrogens with one attached hydrogen (secondary N) is 1. The standard InChI is InChI=1S/C11H21N5.2ClH/c1-15(2)5-3-6-16-7-4-10-9(8-16)11(12)14-13-10;;/h3-8H2,1-2H3,(H3,12,13,14);2*1H. The molecular weight excluding hydrogens is 273 g/mol. The average Bonchev–Trinajstić information content (AvgIpc) is 2.60. The van der Waals surface area contributed by atoms with E-state index >= 15 is 0 Å². The number of halogens is 2. The molecule has 0 fully saturated rings. The molecule has 0 aromatic carbocycles. The van der Waals surface area contributed by atoms with Crippen molar-refractivity contribution in [1.29, 1.82) is 0 Å². The Kier molecular flexibility index (Phi) is 7.62. The Morgan fingerprint density at radius 2 is 2.11 bits per heavy atom. The lowest BCUT2D eigenvalue weighted by molar-refractivity contribution is 0.238. The van der Waals surface area contributed by atoms with Crippen molar-refractivity contribution >= 4 is 30.6 Å². The van der Waals surface area contributed by atoms with Crippen molar-refractivity contribution in [3.8, 4) is 0 Å². The summed E-state index contributed by atoms with van der Waals surface area (Å²) in [6.07, 6.45) is 2.25. The van der Waals surface area contributed by atoms with Gasteiger partial charge >= 0.3 is 0 Å². The van der Waals surface area contributed by atoms with Crippen LogP contribution >= 0.6 is 24.8 Å². The Labute approximate surface area is 121 Å². The predicted octanol–water partition coefficient (Wildman–Crippen LogP) is 1.15. The van der Waals surface area contributed by atoms with Crippen molar-refractivity contribution in [1.82, 2.24) is 20.0 Å². The van der Waals surface area contributed by atoms with Gasteiger partial charge in [-0.25, -0.2) is 0 Å². The van der Waals surface area contributed by atoms with Crippen LogP contribution in [0.25, 0.3) is 0 Å². The molecule has 0 aliphatic carbocycles. The highest BCUT2D eigenvalue weighted by Crippen LogP contribution is 2.21. The van der Waals surface area contributed by atoms with Gasteiger partial charge in [-0.1, -0.05) is 0 Å². The number of aromatic nitrogens is 2. The molecule has 0 saturated carbocycles. The minimum Gasteiger partial charge on any atom is -0.382 e. The molecule has 0 radical (unpaired) electrons. The first kappa shape index (κ1) is 17.5. The fourth-order valence-corrected chi connectivity index (χ4v) is 2.17. The van der Waals surface area contributed by atoms with E-state index < -0.39 is 0 Å². The van der Waals surface area contributed by atoms with Gasteiger partial charge in [-0.05, 0) is 33.6 Å². The van der Waals surface area contributed by atoms with Gasteiger partial charge in [0.05, 0.1) is 0 Å². The lowest BCUT2D eigenvalue weighted by Crippen LogP contribution is -2.32. The van der Waals surface area contributed by atoms with Gasteiger partial charge < -0.3 is 10.6 Å². The number of hydrogen-bond donors (Lipinski definition) is 2. The number of fused-ring (bicyclic) bond motifs is 1. The highest BCUT2D eigenvalue weighted by atomic mass is 35.5. The molecule has 0 saturated heterocycles. The number of nitrogens with zero attached hydrogens (tertiary/aromatic N) is 3. The summed E-state index contributed by atoms with van der Waals surface area (Å²) in [7, 11) is 4.23. The summed E-state index contributed by atoms with van der Waals surface area (Å²) in [4.78, 5) is 4.68. The first-order valence-corrected chi connectivity index (χ1v) is 5.85. The summed E-state index contributed by atoms with van der Waals surface area (Å²) in [5.41, 5.74) is 8.25. The summed E-state index contributed by atoms with van der Waals surface area (Å²) < 4.78 is 0. The van der Waals surface area contributed by atoms with Crippen molar-refractivity contribution in [2.24, 2.45) is 0 Å². The van der Waals surface area contributed by atoms with Gasteiger partial charge in [0, 0.05) is 30.8 Å². The van der Waals surface area contributed by atoms with Crippen molar-refractivity contribution in [2.75, 3.05) is 39.5 Å². The third kappa shape index (κ3) is 4.31. The topological polar surface area (TPSA) is 61.2 Å². The molecular formula is C11H23Cl2N5. The maximum absolute atomic E-state index is 5.82. The number of anilines is 1. The van der Waals surface area contributed by atoms with E-state index in [9.17, 15) is 0 Å².